The maximum absolute atomic E-state index is 13.6. The van der Waals surface area contributed by atoms with E-state index in [1.54, 1.807) is 12.5 Å². The van der Waals surface area contributed by atoms with Crippen LogP contribution in [0.25, 0.3) is 0 Å². The van der Waals surface area contributed by atoms with Crippen LogP contribution in [0.2, 0.25) is 0 Å². The molecule has 7 aliphatic rings. The number of carbonyl (C=O) groups excluding carboxylic acids is 1. The Kier molecular flexibility index (Phi) is 4.14. The summed E-state index contributed by atoms with van der Waals surface area (Å²) in [6.07, 6.45) is 12.1. The van der Waals surface area contributed by atoms with Crippen molar-refractivity contribution < 1.29 is 19.1 Å². The van der Waals surface area contributed by atoms with Crippen molar-refractivity contribution in [1.82, 2.24) is 14.8 Å². The zero-order valence-electron chi connectivity index (χ0n) is 20.1. The standard InChI is InChI=1S/C28H33N3O4/c32-20-4-3-18-15-21-27-8-7-19(31(13-9-27)23(33)6-5-22-29-11-14-34-22)26-28(27,24(18)25(20)35-26)10-12-30(21)16-17-1-2-17/h3-4,11,14,17,19,21,26,32H,1-2,5-10,12-13,15-16H2/t19-,21-,26+,27-,28+/m1/s1. The summed E-state index contributed by atoms with van der Waals surface area (Å²) in [6, 6.07) is 4.53. The number of rotatable bonds is 5. The molecule has 5 fully saturated rings. The number of carbonyl (C=O) groups is 1. The van der Waals surface area contributed by atoms with Crippen molar-refractivity contribution in [3.05, 3.63) is 41.6 Å². The monoisotopic (exact) mass is 475 g/mol. The Morgan fingerprint density at radius 1 is 1.17 bits per heavy atom. The van der Waals surface area contributed by atoms with Crippen molar-refractivity contribution >= 4 is 5.91 Å². The molecular weight excluding hydrogens is 442 g/mol. The average molecular weight is 476 g/mol. The first-order valence-electron chi connectivity index (χ1n) is 13.5. The lowest BCUT2D eigenvalue weighted by molar-refractivity contribution is -0.144. The molecule has 4 aliphatic heterocycles. The fourth-order valence-electron chi connectivity index (χ4n) is 9.03. The van der Waals surface area contributed by atoms with Crippen molar-refractivity contribution in [3.8, 4) is 11.5 Å². The number of hydrogen-bond donors (Lipinski definition) is 1. The topological polar surface area (TPSA) is 79.0 Å². The number of nitrogens with zero attached hydrogens (tertiary/aromatic N) is 3. The molecule has 5 atom stereocenters. The zero-order valence-corrected chi connectivity index (χ0v) is 20.1. The molecule has 0 unspecified atom stereocenters. The van der Waals surface area contributed by atoms with Crippen LogP contribution in [0.15, 0.2) is 29.0 Å². The van der Waals surface area contributed by atoms with E-state index >= 15 is 0 Å². The Labute approximate surface area is 205 Å². The van der Waals surface area contributed by atoms with Gasteiger partial charge < -0.3 is 19.2 Å². The van der Waals surface area contributed by atoms with E-state index in [9.17, 15) is 9.90 Å². The second-order valence-electron chi connectivity index (χ2n) is 11.9. The maximum Gasteiger partial charge on any atom is 0.223 e. The number of amides is 1. The van der Waals surface area contributed by atoms with Gasteiger partial charge in [0.15, 0.2) is 17.4 Å². The highest BCUT2D eigenvalue weighted by molar-refractivity contribution is 5.77. The third kappa shape index (κ3) is 2.60. The smallest absolute Gasteiger partial charge is 0.223 e. The summed E-state index contributed by atoms with van der Waals surface area (Å²) in [7, 11) is 0. The molecule has 35 heavy (non-hydrogen) atoms. The summed E-state index contributed by atoms with van der Waals surface area (Å²) in [4.78, 5) is 22.8. The molecule has 0 radical (unpaired) electrons. The number of ether oxygens (including phenoxy) is 1. The van der Waals surface area contributed by atoms with Crippen LogP contribution in [0.3, 0.4) is 0 Å². The van der Waals surface area contributed by atoms with Gasteiger partial charge in [0.25, 0.3) is 0 Å². The SMILES string of the molecule is O=C(CCc1ncco1)N1CC[C@@]23CC[C@@H]1[C@@H]1Oc4c(O)ccc5c4[C@@]12CCN(CC1CC1)[C@@H]3C5. The number of fused-ring (bicyclic) bond motifs is 3. The molecule has 2 aromatic rings. The molecule has 1 aromatic carbocycles. The number of oxazole rings is 1. The number of piperidine rings is 1. The van der Waals surface area contributed by atoms with Gasteiger partial charge in [-0.05, 0) is 69.0 Å². The minimum atomic E-state index is -0.0973. The minimum absolute atomic E-state index is 0.0519. The fraction of sp³-hybridized carbons (Fsp3) is 0.643. The van der Waals surface area contributed by atoms with Gasteiger partial charge in [-0.15, -0.1) is 0 Å². The normalized spacial score (nSPS) is 36.6. The molecule has 3 aliphatic carbocycles. The molecule has 3 saturated heterocycles. The second-order valence-corrected chi connectivity index (χ2v) is 11.9. The summed E-state index contributed by atoms with van der Waals surface area (Å²) in [6.45, 7) is 3.12. The molecule has 7 nitrogen and oxygen atoms in total. The molecule has 1 N–H and O–H groups in total. The first-order chi connectivity index (χ1) is 17.1. The highest BCUT2D eigenvalue weighted by atomic mass is 16.5. The van der Waals surface area contributed by atoms with Crippen LogP contribution in [0.5, 0.6) is 11.5 Å². The Balaban J connectivity index is 1.21. The molecule has 2 spiro atoms. The van der Waals surface area contributed by atoms with Gasteiger partial charge in [-0.2, -0.15) is 0 Å². The number of hydrogen-bond acceptors (Lipinski definition) is 6. The zero-order chi connectivity index (χ0) is 23.4. The quantitative estimate of drug-likeness (QED) is 0.714. The lowest BCUT2D eigenvalue weighted by Crippen LogP contribution is -2.72. The first kappa shape index (κ1) is 20.6. The van der Waals surface area contributed by atoms with E-state index in [0.29, 0.717) is 30.5 Å². The summed E-state index contributed by atoms with van der Waals surface area (Å²) in [5.41, 5.74) is 2.67. The third-order valence-electron chi connectivity index (χ3n) is 10.6. The summed E-state index contributed by atoms with van der Waals surface area (Å²) < 4.78 is 12.2. The molecule has 184 valence electrons. The van der Waals surface area contributed by atoms with Crippen LogP contribution in [0, 0.1) is 11.3 Å². The van der Waals surface area contributed by atoms with Crippen LogP contribution in [-0.4, -0.2) is 63.6 Å². The Bertz CT molecular complexity index is 1190. The van der Waals surface area contributed by atoms with Crippen LogP contribution in [0.1, 0.15) is 62.0 Å². The molecule has 4 bridgehead atoms. The van der Waals surface area contributed by atoms with E-state index in [2.05, 4.69) is 20.9 Å². The third-order valence-corrected chi connectivity index (χ3v) is 10.6. The van der Waals surface area contributed by atoms with Crippen LogP contribution >= 0.6 is 0 Å². The predicted molar refractivity (Wildman–Crippen MR) is 127 cm³/mol. The van der Waals surface area contributed by atoms with Crippen molar-refractivity contribution in [3.63, 3.8) is 0 Å². The average Bonchev–Trinajstić information content (AvgIpc) is 3.47. The van der Waals surface area contributed by atoms with Crippen LogP contribution < -0.4 is 4.74 Å². The highest BCUT2D eigenvalue weighted by Crippen LogP contribution is 2.71. The van der Waals surface area contributed by atoms with E-state index in [1.807, 2.05) is 6.07 Å². The number of phenolic OH excluding ortho intramolecular Hbond substituents is 1. The Morgan fingerprint density at radius 3 is 2.91 bits per heavy atom. The molecule has 1 amide bonds. The van der Waals surface area contributed by atoms with E-state index in [4.69, 9.17) is 9.15 Å². The minimum Gasteiger partial charge on any atom is -0.504 e. The van der Waals surface area contributed by atoms with E-state index < -0.39 is 0 Å². The van der Waals surface area contributed by atoms with Gasteiger partial charge in [0.05, 0.1) is 12.2 Å². The number of aromatic hydroxyl groups is 1. The number of phenols is 1. The van der Waals surface area contributed by atoms with E-state index in [1.165, 1.54) is 30.5 Å². The largest absolute Gasteiger partial charge is 0.504 e. The number of aromatic nitrogens is 1. The highest BCUT2D eigenvalue weighted by Gasteiger charge is 2.74. The van der Waals surface area contributed by atoms with Crippen molar-refractivity contribution in [2.45, 2.75) is 81.4 Å². The van der Waals surface area contributed by atoms with Gasteiger partial charge in [-0.25, -0.2) is 4.98 Å². The van der Waals surface area contributed by atoms with Crippen molar-refractivity contribution in [2.24, 2.45) is 11.3 Å². The number of likely N-dealkylation sites (tertiary alicyclic amines) is 1. The maximum atomic E-state index is 13.6. The lowest BCUT2D eigenvalue weighted by Gasteiger charge is -2.66. The number of benzene rings is 1. The van der Waals surface area contributed by atoms with Crippen molar-refractivity contribution in [2.75, 3.05) is 19.6 Å². The van der Waals surface area contributed by atoms with E-state index in [-0.39, 0.29) is 34.6 Å². The van der Waals surface area contributed by atoms with Gasteiger partial charge in [0.1, 0.15) is 12.4 Å². The van der Waals surface area contributed by atoms with Gasteiger partial charge in [0.2, 0.25) is 5.91 Å². The first-order valence-corrected chi connectivity index (χ1v) is 13.5. The Morgan fingerprint density at radius 2 is 2.09 bits per heavy atom. The molecule has 2 saturated carbocycles. The second kappa shape index (κ2) is 7.02. The van der Waals surface area contributed by atoms with Crippen LogP contribution in [-0.2, 0) is 23.1 Å². The fourth-order valence-corrected chi connectivity index (χ4v) is 9.03. The summed E-state index contributed by atoms with van der Waals surface area (Å²) in [5.74, 6) is 2.64. The summed E-state index contributed by atoms with van der Waals surface area (Å²) >= 11 is 0. The van der Waals surface area contributed by atoms with Gasteiger partial charge in [-0.3, -0.25) is 9.69 Å². The molecule has 9 rings (SSSR count). The summed E-state index contributed by atoms with van der Waals surface area (Å²) in [5, 5.41) is 10.9. The molecule has 7 heteroatoms. The van der Waals surface area contributed by atoms with Gasteiger partial charge in [-0.1, -0.05) is 6.07 Å². The van der Waals surface area contributed by atoms with Crippen LogP contribution in [0.4, 0.5) is 0 Å². The number of aryl methyl sites for hydroxylation is 1. The molecule has 5 heterocycles. The Hall–Kier alpha value is -2.54. The molecule has 1 aromatic heterocycles. The van der Waals surface area contributed by atoms with Gasteiger partial charge >= 0.3 is 0 Å². The van der Waals surface area contributed by atoms with E-state index in [0.717, 1.165) is 51.1 Å². The van der Waals surface area contributed by atoms with Gasteiger partial charge in [0, 0.05) is 48.4 Å². The lowest BCUT2D eigenvalue weighted by atomic mass is 9.42. The van der Waals surface area contributed by atoms with Crippen molar-refractivity contribution in [1.29, 1.82) is 0 Å². The molecular formula is C28H33N3O4. The predicted octanol–water partition coefficient (Wildman–Crippen LogP) is 3.43.